The van der Waals surface area contributed by atoms with Gasteiger partial charge in [0.1, 0.15) is 11.4 Å². The Hall–Kier alpha value is -1.85. The van der Waals surface area contributed by atoms with Gasteiger partial charge in [0.15, 0.2) is 0 Å². The number of ether oxygens (including phenoxy) is 2. The summed E-state index contributed by atoms with van der Waals surface area (Å²) in [6, 6.07) is 1.37. The second-order valence-corrected chi connectivity index (χ2v) is 5.28. The highest BCUT2D eigenvalue weighted by Gasteiger charge is 2.27. The van der Waals surface area contributed by atoms with Crippen molar-refractivity contribution in [2.24, 2.45) is 0 Å². The van der Waals surface area contributed by atoms with E-state index in [0.717, 1.165) is 12.8 Å². The summed E-state index contributed by atoms with van der Waals surface area (Å²) in [5.74, 6) is 0.445. The maximum atomic E-state index is 11.0. The highest BCUT2D eigenvalue weighted by Crippen LogP contribution is 2.33. The largest absolute Gasteiger partial charge is 0.489 e. The van der Waals surface area contributed by atoms with Crippen molar-refractivity contribution in [3.63, 3.8) is 0 Å². The van der Waals surface area contributed by atoms with Gasteiger partial charge in [0.05, 0.1) is 23.3 Å². The lowest BCUT2D eigenvalue weighted by molar-refractivity contribution is -0.386. The predicted octanol–water partition coefficient (Wildman–Crippen LogP) is 2.71. The molecule has 1 aromatic rings. The molecule has 0 amide bonds. The quantitative estimate of drug-likeness (QED) is 0.608. The number of aromatic nitrogens is 1. The Kier molecular flexibility index (Phi) is 3.11. The van der Waals surface area contributed by atoms with Crippen molar-refractivity contribution in [3.8, 4) is 11.6 Å². The zero-order valence-corrected chi connectivity index (χ0v) is 10.7. The fraction of sp³-hybridized carbons (Fsp3) is 0.583. The zero-order valence-electron chi connectivity index (χ0n) is 10.7. The van der Waals surface area contributed by atoms with Crippen LogP contribution in [0.4, 0.5) is 5.69 Å². The summed E-state index contributed by atoms with van der Waals surface area (Å²) in [6.45, 7) is 5.44. The first-order valence-electron chi connectivity index (χ1n) is 5.85. The van der Waals surface area contributed by atoms with Crippen LogP contribution in [0.1, 0.15) is 33.6 Å². The van der Waals surface area contributed by atoms with Crippen LogP contribution < -0.4 is 9.47 Å². The van der Waals surface area contributed by atoms with Crippen molar-refractivity contribution in [1.82, 2.24) is 4.98 Å². The number of pyridine rings is 1. The molecule has 1 aliphatic rings. The third kappa shape index (κ3) is 3.32. The van der Waals surface area contributed by atoms with Crippen LogP contribution >= 0.6 is 0 Å². The minimum absolute atomic E-state index is 0.0237. The van der Waals surface area contributed by atoms with Crippen LogP contribution in [0.25, 0.3) is 0 Å². The van der Waals surface area contributed by atoms with Gasteiger partial charge < -0.3 is 9.47 Å². The molecule has 0 unspecified atom stereocenters. The second kappa shape index (κ2) is 4.44. The van der Waals surface area contributed by atoms with Crippen LogP contribution in [0.15, 0.2) is 12.3 Å². The molecule has 1 aromatic heterocycles. The molecule has 0 aliphatic heterocycles. The molecule has 0 N–H and O–H groups in total. The SMILES string of the molecule is CC(C)(C)Oc1ncc(OC2CC2)cc1[N+](=O)[O-]. The van der Waals surface area contributed by atoms with Gasteiger partial charge in [-0.2, -0.15) is 0 Å². The summed E-state index contributed by atoms with van der Waals surface area (Å²) in [6.07, 6.45) is 3.63. The first kappa shape index (κ1) is 12.6. The average molecular weight is 252 g/mol. The maximum absolute atomic E-state index is 11.0. The van der Waals surface area contributed by atoms with Gasteiger partial charge in [0.2, 0.25) is 0 Å². The van der Waals surface area contributed by atoms with Crippen LogP contribution in [-0.2, 0) is 0 Å². The first-order valence-corrected chi connectivity index (χ1v) is 5.85. The van der Waals surface area contributed by atoms with Gasteiger partial charge in [-0.3, -0.25) is 10.1 Å². The normalized spacial score (nSPS) is 15.3. The third-order valence-corrected chi connectivity index (χ3v) is 2.23. The average Bonchev–Trinajstić information content (AvgIpc) is 3.01. The van der Waals surface area contributed by atoms with E-state index in [4.69, 9.17) is 9.47 Å². The van der Waals surface area contributed by atoms with Crippen molar-refractivity contribution in [2.75, 3.05) is 0 Å². The predicted molar refractivity (Wildman–Crippen MR) is 64.9 cm³/mol. The van der Waals surface area contributed by atoms with Crippen molar-refractivity contribution in [2.45, 2.75) is 45.3 Å². The van der Waals surface area contributed by atoms with Crippen LogP contribution in [0.2, 0.25) is 0 Å². The fourth-order valence-corrected chi connectivity index (χ4v) is 1.36. The van der Waals surface area contributed by atoms with E-state index >= 15 is 0 Å². The highest BCUT2D eigenvalue weighted by atomic mass is 16.6. The summed E-state index contributed by atoms with van der Waals surface area (Å²) in [5.41, 5.74) is -0.695. The van der Waals surface area contributed by atoms with Crippen molar-refractivity contribution < 1.29 is 14.4 Å². The number of nitrogens with zero attached hydrogens (tertiary/aromatic N) is 2. The lowest BCUT2D eigenvalue weighted by atomic mass is 10.2. The molecular weight excluding hydrogens is 236 g/mol. The van der Waals surface area contributed by atoms with E-state index in [2.05, 4.69) is 4.98 Å². The number of hydrogen-bond acceptors (Lipinski definition) is 5. The molecule has 1 fully saturated rings. The van der Waals surface area contributed by atoms with Crippen LogP contribution in [0.5, 0.6) is 11.6 Å². The third-order valence-electron chi connectivity index (χ3n) is 2.23. The van der Waals surface area contributed by atoms with Crippen LogP contribution in [0, 0.1) is 10.1 Å². The molecule has 1 saturated carbocycles. The Labute approximate surface area is 105 Å². The Morgan fingerprint density at radius 2 is 2.11 bits per heavy atom. The van der Waals surface area contributed by atoms with E-state index in [1.54, 1.807) is 0 Å². The van der Waals surface area contributed by atoms with Gasteiger partial charge in [-0.05, 0) is 33.6 Å². The maximum Gasteiger partial charge on any atom is 0.334 e. The second-order valence-electron chi connectivity index (χ2n) is 5.28. The molecular formula is C12H16N2O4. The van der Waals surface area contributed by atoms with Gasteiger partial charge in [-0.15, -0.1) is 0 Å². The Morgan fingerprint density at radius 3 is 2.61 bits per heavy atom. The van der Waals surface area contributed by atoms with Gasteiger partial charge in [-0.1, -0.05) is 0 Å². The number of nitro groups is 1. The minimum Gasteiger partial charge on any atom is -0.489 e. The van der Waals surface area contributed by atoms with E-state index in [1.807, 2.05) is 20.8 Å². The molecule has 0 saturated heterocycles. The Bertz CT molecular complexity index is 464. The molecule has 0 spiro atoms. The molecule has 2 rings (SSSR count). The molecule has 0 atom stereocenters. The van der Waals surface area contributed by atoms with Gasteiger partial charge in [0, 0.05) is 0 Å². The Balaban J connectivity index is 2.25. The lowest BCUT2D eigenvalue weighted by Gasteiger charge is -2.20. The fourth-order valence-electron chi connectivity index (χ4n) is 1.36. The standard InChI is InChI=1S/C12H16N2O4/c1-12(2,3)18-11-10(14(15)16)6-9(7-13-11)17-8-4-5-8/h6-8H,4-5H2,1-3H3. The van der Waals surface area contributed by atoms with E-state index in [9.17, 15) is 10.1 Å². The summed E-state index contributed by atoms with van der Waals surface area (Å²) in [7, 11) is 0. The molecule has 0 bridgehead atoms. The van der Waals surface area contributed by atoms with E-state index in [-0.39, 0.29) is 17.7 Å². The molecule has 1 aliphatic carbocycles. The first-order chi connectivity index (χ1) is 8.35. The van der Waals surface area contributed by atoms with Gasteiger partial charge >= 0.3 is 5.69 Å². The van der Waals surface area contributed by atoms with Crippen molar-refractivity contribution in [3.05, 3.63) is 22.4 Å². The summed E-state index contributed by atoms with van der Waals surface area (Å²) in [5, 5.41) is 11.0. The van der Waals surface area contributed by atoms with Crippen LogP contribution in [0.3, 0.4) is 0 Å². The monoisotopic (exact) mass is 252 g/mol. The summed E-state index contributed by atoms with van der Waals surface area (Å²) < 4.78 is 10.9. The summed E-state index contributed by atoms with van der Waals surface area (Å²) in [4.78, 5) is 14.5. The smallest absolute Gasteiger partial charge is 0.334 e. The molecule has 18 heavy (non-hydrogen) atoms. The topological polar surface area (TPSA) is 74.5 Å². The molecule has 1 heterocycles. The van der Waals surface area contributed by atoms with Crippen molar-refractivity contribution >= 4 is 5.69 Å². The van der Waals surface area contributed by atoms with Crippen molar-refractivity contribution in [1.29, 1.82) is 0 Å². The Morgan fingerprint density at radius 1 is 1.44 bits per heavy atom. The van der Waals surface area contributed by atoms with E-state index < -0.39 is 10.5 Å². The summed E-state index contributed by atoms with van der Waals surface area (Å²) >= 11 is 0. The molecule has 98 valence electrons. The number of rotatable bonds is 4. The van der Waals surface area contributed by atoms with Gasteiger partial charge in [-0.25, -0.2) is 4.98 Å². The molecule has 6 nitrogen and oxygen atoms in total. The zero-order chi connectivity index (χ0) is 13.3. The van der Waals surface area contributed by atoms with Gasteiger partial charge in [0.25, 0.3) is 5.88 Å². The van der Waals surface area contributed by atoms with Crippen LogP contribution in [-0.4, -0.2) is 21.6 Å². The molecule has 0 aromatic carbocycles. The van der Waals surface area contributed by atoms with E-state index in [0.29, 0.717) is 5.75 Å². The molecule has 6 heteroatoms. The lowest BCUT2D eigenvalue weighted by Crippen LogP contribution is -2.24. The number of hydrogen-bond donors (Lipinski definition) is 0. The minimum atomic E-state index is -0.531. The molecule has 0 radical (unpaired) electrons. The highest BCUT2D eigenvalue weighted by molar-refractivity contribution is 5.45. The van der Waals surface area contributed by atoms with E-state index in [1.165, 1.54) is 12.3 Å².